The molecule has 0 aromatic rings. The van der Waals surface area contributed by atoms with Gasteiger partial charge >= 0.3 is 10.4 Å². The Hall–Kier alpha value is -1.42. The molecule has 0 aromatic heterocycles. The zero-order chi connectivity index (χ0) is 47.6. The van der Waals surface area contributed by atoms with Crippen LogP contribution in [0.5, 0.6) is 0 Å². The Morgan fingerprint density at radius 1 is 0.600 bits per heavy atom. The number of hydrogen-bond acceptors (Lipinski definition) is 10. The second-order valence-electron chi connectivity index (χ2n) is 18.8. The number of allylic oxidation sites excluding steroid dienone is 3. The van der Waals surface area contributed by atoms with Crippen molar-refractivity contribution in [3.8, 4) is 0 Å². The summed E-state index contributed by atoms with van der Waals surface area (Å²) in [5.41, 5.74) is 0. The van der Waals surface area contributed by atoms with Gasteiger partial charge in [-0.05, 0) is 44.9 Å². The number of unbranched alkanes of at least 4 members (excludes halogenated alkanes) is 32. The van der Waals surface area contributed by atoms with Crippen molar-refractivity contribution in [2.24, 2.45) is 0 Å². The standard InChI is InChI=1S/C52H99NO11S/c1-3-5-7-9-11-13-14-15-16-17-18-19-20-21-22-23-24-25-26-27-28-29-30-31-32-34-36-38-40-42-48(56)53-45(46(55)41-39-37-35-33-12-10-8-6-4-2)44-62-52-50(58)51(64-65(59,60)61)49(57)47(43-54)63-52/h21-22,39,41,45-47,49-52,54-55,57-58H,3-20,23-38,40,42-44H2,1-2H3,(H,53,56)(H,59,60,61)/b22-21-,41-39+. The fourth-order valence-corrected chi connectivity index (χ4v) is 9.08. The van der Waals surface area contributed by atoms with Crippen LogP contribution in [0.4, 0.5) is 0 Å². The van der Waals surface area contributed by atoms with E-state index in [4.69, 9.17) is 9.47 Å². The summed E-state index contributed by atoms with van der Waals surface area (Å²) in [5.74, 6) is -0.263. The van der Waals surface area contributed by atoms with Crippen molar-refractivity contribution < 1.29 is 51.8 Å². The lowest BCUT2D eigenvalue weighted by molar-refractivity contribution is -0.298. The van der Waals surface area contributed by atoms with Crippen molar-refractivity contribution in [3.63, 3.8) is 0 Å². The third-order valence-corrected chi connectivity index (χ3v) is 13.2. The molecule has 0 radical (unpaired) electrons. The molecule has 1 aliphatic rings. The Bertz CT molecular complexity index is 1250. The molecule has 0 bridgehead atoms. The van der Waals surface area contributed by atoms with Crippen LogP contribution in [-0.2, 0) is 28.9 Å². The van der Waals surface area contributed by atoms with Crippen molar-refractivity contribution in [2.45, 2.75) is 288 Å². The number of aliphatic hydroxyl groups is 4. The number of ether oxygens (including phenoxy) is 2. The molecule has 1 saturated heterocycles. The molecule has 1 heterocycles. The van der Waals surface area contributed by atoms with Crippen molar-refractivity contribution in [3.05, 3.63) is 24.3 Å². The fraction of sp³-hybridized carbons (Fsp3) is 0.904. The summed E-state index contributed by atoms with van der Waals surface area (Å²) in [6.45, 7) is 3.37. The van der Waals surface area contributed by atoms with E-state index < -0.39 is 59.9 Å². The predicted octanol–water partition coefficient (Wildman–Crippen LogP) is 11.7. The molecular weight excluding hydrogens is 847 g/mol. The minimum atomic E-state index is -5.08. The van der Waals surface area contributed by atoms with Gasteiger partial charge in [0.15, 0.2) is 6.29 Å². The van der Waals surface area contributed by atoms with Gasteiger partial charge in [0.1, 0.15) is 24.4 Å². The Morgan fingerprint density at radius 2 is 0.985 bits per heavy atom. The summed E-state index contributed by atoms with van der Waals surface area (Å²) in [4.78, 5) is 13.0. The van der Waals surface area contributed by atoms with Crippen LogP contribution < -0.4 is 5.32 Å². The van der Waals surface area contributed by atoms with Crippen molar-refractivity contribution >= 4 is 16.3 Å². The van der Waals surface area contributed by atoms with Gasteiger partial charge in [0.05, 0.1) is 25.4 Å². The van der Waals surface area contributed by atoms with Gasteiger partial charge in [-0.1, -0.05) is 218 Å². The second-order valence-corrected chi connectivity index (χ2v) is 19.9. The third kappa shape index (κ3) is 35.4. The van der Waals surface area contributed by atoms with Gasteiger partial charge in [0.2, 0.25) is 5.91 Å². The number of nitrogens with one attached hydrogen (secondary N) is 1. The Balaban J connectivity index is 2.24. The van der Waals surface area contributed by atoms with Crippen molar-refractivity contribution in [1.82, 2.24) is 5.32 Å². The highest BCUT2D eigenvalue weighted by molar-refractivity contribution is 7.80. The average molecular weight is 946 g/mol. The van der Waals surface area contributed by atoms with Gasteiger partial charge in [0, 0.05) is 6.42 Å². The summed E-state index contributed by atoms with van der Waals surface area (Å²) in [6, 6.07) is -0.940. The summed E-state index contributed by atoms with van der Waals surface area (Å²) in [5, 5.41) is 44.6. The fourth-order valence-electron chi connectivity index (χ4n) is 8.57. The minimum absolute atomic E-state index is 0.263. The van der Waals surface area contributed by atoms with Gasteiger partial charge in [-0.3, -0.25) is 9.35 Å². The summed E-state index contributed by atoms with van der Waals surface area (Å²) >= 11 is 0. The number of carbonyl (C=O) groups excluding carboxylic acids is 1. The van der Waals surface area contributed by atoms with E-state index in [2.05, 4.69) is 35.5 Å². The third-order valence-electron chi connectivity index (χ3n) is 12.7. The molecule has 0 aliphatic carbocycles. The summed E-state index contributed by atoms with van der Waals surface area (Å²) < 4.78 is 47.6. The van der Waals surface area contributed by atoms with E-state index >= 15 is 0 Å². The van der Waals surface area contributed by atoms with E-state index in [1.807, 2.05) is 6.08 Å². The monoisotopic (exact) mass is 946 g/mol. The van der Waals surface area contributed by atoms with Crippen LogP contribution in [0.1, 0.15) is 245 Å². The summed E-state index contributed by atoms with van der Waals surface area (Å²) in [7, 11) is -5.08. The maximum Gasteiger partial charge on any atom is 0.397 e. The van der Waals surface area contributed by atoms with Crippen LogP contribution in [0.15, 0.2) is 24.3 Å². The second kappa shape index (κ2) is 42.7. The molecule has 65 heavy (non-hydrogen) atoms. The first kappa shape index (κ1) is 61.6. The number of carbonyl (C=O) groups is 1. The van der Waals surface area contributed by atoms with Crippen LogP contribution in [0.3, 0.4) is 0 Å². The molecule has 0 saturated carbocycles. The van der Waals surface area contributed by atoms with E-state index in [0.717, 1.165) is 44.9 Å². The smallest absolute Gasteiger partial charge is 0.394 e. The lowest BCUT2D eigenvalue weighted by Crippen LogP contribution is -2.61. The van der Waals surface area contributed by atoms with Gasteiger partial charge in [-0.2, -0.15) is 8.42 Å². The normalized spacial score (nSPS) is 20.3. The highest BCUT2D eigenvalue weighted by atomic mass is 32.3. The highest BCUT2D eigenvalue weighted by Gasteiger charge is 2.48. The van der Waals surface area contributed by atoms with Crippen LogP contribution in [0.2, 0.25) is 0 Å². The molecule has 13 heteroatoms. The van der Waals surface area contributed by atoms with Crippen LogP contribution >= 0.6 is 0 Å². The molecule has 7 unspecified atom stereocenters. The topological polar surface area (TPSA) is 192 Å². The van der Waals surface area contributed by atoms with Gasteiger partial charge in [-0.15, -0.1) is 0 Å². The molecule has 6 N–H and O–H groups in total. The Morgan fingerprint density at radius 3 is 1.38 bits per heavy atom. The van der Waals surface area contributed by atoms with E-state index in [0.29, 0.717) is 6.42 Å². The molecule has 12 nitrogen and oxygen atoms in total. The first-order valence-electron chi connectivity index (χ1n) is 26.7. The first-order valence-corrected chi connectivity index (χ1v) is 28.1. The zero-order valence-corrected chi connectivity index (χ0v) is 42.1. The lowest BCUT2D eigenvalue weighted by atomic mass is 9.99. The molecule has 1 amide bonds. The summed E-state index contributed by atoms with van der Waals surface area (Å²) in [6.07, 6.45) is 42.6. The Kier molecular flexibility index (Phi) is 40.4. The first-order chi connectivity index (χ1) is 31.5. The molecule has 0 spiro atoms. The predicted molar refractivity (Wildman–Crippen MR) is 264 cm³/mol. The van der Waals surface area contributed by atoms with Gasteiger partial charge in [0.25, 0.3) is 0 Å². The number of amides is 1. The zero-order valence-electron chi connectivity index (χ0n) is 41.3. The number of aliphatic hydroxyl groups excluding tert-OH is 4. The maximum absolute atomic E-state index is 13.0. The average Bonchev–Trinajstić information content (AvgIpc) is 3.28. The SMILES string of the molecule is CCCCCCCCC/C=C/C(O)C(COC1OC(CO)C(O)C(OS(=O)(=O)O)C1O)NC(=O)CCCCCCCCCCCCCCC/C=C\CCCCCCCCCCCCCC. The van der Waals surface area contributed by atoms with E-state index in [1.165, 1.54) is 173 Å². The molecule has 7 atom stereocenters. The van der Waals surface area contributed by atoms with Gasteiger partial charge in [-0.25, -0.2) is 4.18 Å². The van der Waals surface area contributed by atoms with E-state index in [9.17, 15) is 38.2 Å². The lowest BCUT2D eigenvalue weighted by Gasteiger charge is -2.41. The largest absolute Gasteiger partial charge is 0.397 e. The molecule has 1 rings (SSSR count). The molecule has 1 aliphatic heterocycles. The van der Waals surface area contributed by atoms with Crippen molar-refractivity contribution in [2.75, 3.05) is 13.2 Å². The van der Waals surface area contributed by atoms with E-state index in [-0.39, 0.29) is 18.9 Å². The van der Waals surface area contributed by atoms with Crippen molar-refractivity contribution in [1.29, 1.82) is 0 Å². The molecule has 1 fully saturated rings. The maximum atomic E-state index is 13.0. The minimum Gasteiger partial charge on any atom is -0.394 e. The van der Waals surface area contributed by atoms with E-state index in [1.54, 1.807) is 6.08 Å². The quantitative estimate of drug-likeness (QED) is 0.0193. The Labute approximate surface area is 397 Å². The molecule has 384 valence electrons. The van der Waals surface area contributed by atoms with Crippen LogP contribution in [0.25, 0.3) is 0 Å². The highest BCUT2D eigenvalue weighted by Crippen LogP contribution is 2.26. The van der Waals surface area contributed by atoms with Gasteiger partial charge < -0.3 is 35.2 Å². The number of rotatable bonds is 46. The molecular formula is C52H99NO11S. The van der Waals surface area contributed by atoms with Crippen LogP contribution in [-0.4, -0.2) is 95.4 Å². The number of hydrogen-bond donors (Lipinski definition) is 6. The van der Waals surface area contributed by atoms with Crippen LogP contribution in [0, 0.1) is 0 Å². The molecule has 0 aromatic carbocycles.